The van der Waals surface area contributed by atoms with Gasteiger partial charge in [-0.3, -0.25) is 4.79 Å². The van der Waals surface area contributed by atoms with Gasteiger partial charge < -0.3 is 11.1 Å². The summed E-state index contributed by atoms with van der Waals surface area (Å²) < 4.78 is 0. The normalized spacial score (nSPS) is 13.6. The number of thiazole rings is 1. The summed E-state index contributed by atoms with van der Waals surface area (Å²) >= 11 is 1.49. The van der Waals surface area contributed by atoms with Gasteiger partial charge in [-0.05, 0) is 19.4 Å². The van der Waals surface area contributed by atoms with Crippen molar-refractivity contribution in [2.24, 2.45) is 11.7 Å². The standard InChI is InChI=1S/C12H21N3OS.ClH/c1-4-8(2)9(3)14-12(16)10-7-17-11(15-10)5-6-13;/h7-9H,4-6,13H2,1-3H3,(H,14,16);1H. The van der Waals surface area contributed by atoms with E-state index < -0.39 is 0 Å². The van der Waals surface area contributed by atoms with Gasteiger partial charge in [0.1, 0.15) is 5.69 Å². The lowest BCUT2D eigenvalue weighted by Gasteiger charge is -2.19. The fraction of sp³-hybridized carbons (Fsp3) is 0.667. The van der Waals surface area contributed by atoms with E-state index in [4.69, 9.17) is 5.73 Å². The van der Waals surface area contributed by atoms with E-state index in [1.807, 2.05) is 6.92 Å². The summed E-state index contributed by atoms with van der Waals surface area (Å²) in [4.78, 5) is 16.2. The van der Waals surface area contributed by atoms with Crippen LogP contribution in [-0.4, -0.2) is 23.5 Å². The van der Waals surface area contributed by atoms with Gasteiger partial charge in [0.25, 0.3) is 5.91 Å². The molecule has 18 heavy (non-hydrogen) atoms. The molecule has 0 aliphatic rings. The third kappa shape index (κ3) is 4.92. The number of halogens is 1. The fourth-order valence-electron chi connectivity index (χ4n) is 1.43. The van der Waals surface area contributed by atoms with Crippen molar-refractivity contribution in [1.82, 2.24) is 10.3 Å². The minimum atomic E-state index is -0.0858. The van der Waals surface area contributed by atoms with Crippen molar-refractivity contribution in [2.75, 3.05) is 6.54 Å². The number of rotatable bonds is 6. The average molecular weight is 292 g/mol. The van der Waals surface area contributed by atoms with Gasteiger partial charge in [0.05, 0.1) is 5.01 Å². The summed E-state index contributed by atoms with van der Waals surface area (Å²) in [5.41, 5.74) is 5.96. The second-order valence-electron chi connectivity index (χ2n) is 4.31. The van der Waals surface area contributed by atoms with E-state index >= 15 is 0 Å². The molecule has 1 amide bonds. The van der Waals surface area contributed by atoms with E-state index in [-0.39, 0.29) is 24.4 Å². The molecule has 4 nitrogen and oxygen atoms in total. The van der Waals surface area contributed by atoms with E-state index in [9.17, 15) is 4.79 Å². The minimum absolute atomic E-state index is 0. The summed E-state index contributed by atoms with van der Waals surface area (Å²) in [6.07, 6.45) is 1.79. The maximum atomic E-state index is 11.9. The third-order valence-corrected chi connectivity index (χ3v) is 3.91. The van der Waals surface area contributed by atoms with Crippen molar-refractivity contribution < 1.29 is 4.79 Å². The number of nitrogens with one attached hydrogen (secondary N) is 1. The summed E-state index contributed by atoms with van der Waals surface area (Å²) in [5.74, 6) is 0.387. The van der Waals surface area contributed by atoms with Gasteiger partial charge in [-0.2, -0.15) is 0 Å². The van der Waals surface area contributed by atoms with Gasteiger partial charge in [0, 0.05) is 17.8 Å². The lowest BCUT2D eigenvalue weighted by atomic mass is 10.0. The Morgan fingerprint density at radius 1 is 1.56 bits per heavy atom. The Labute approximate surface area is 119 Å². The number of amides is 1. The number of nitrogens with zero attached hydrogens (tertiary/aromatic N) is 1. The molecular weight excluding hydrogens is 270 g/mol. The Morgan fingerprint density at radius 3 is 2.78 bits per heavy atom. The fourth-order valence-corrected chi connectivity index (χ4v) is 2.22. The van der Waals surface area contributed by atoms with Crippen LogP contribution in [-0.2, 0) is 6.42 Å². The average Bonchev–Trinajstić information content (AvgIpc) is 2.77. The highest BCUT2D eigenvalue weighted by atomic mass is 35.5. The van der Waals surface area contributed by atoms with E-state index in [0.29, 0.717) is 18.2 Å². The van der Waals surface area contributed by atoms with Crippen LogP contribution in [0.1, 0.15) is 42.7 Å². The van der Waals surface area contributed by atoms with Gasteiger partial charge in [-0.1, -0.05) is 20.3 Å². The first-order valence-corrected chi connectivity index (χ1v) is 6.91. The van der Waals surface area contributed by atoms with Crippen LogP contribution < -0.4 is 11.1 Å². The molecule has 1 aromatic rings. The maximum absolute atomic E-state index is 11.9. The highest BCUT2D eigenvalue weighted by Crippen LogP contribution is 2.12. The molecule has 3 N–H and O–H groups in total. The van der Waals surface area contributed by atoms with Crippen LogP contribution in [0.2, 0.25) is 0 Å². The molecule has 6 heteroatoms. The molecule has 0 spiro atoms. The molecule has 0 fully saturated rings. The van der Waals surface area contributed by atoms with Crippen LogP contribution >= 0.6 is 23.7 Å². The van der Waals surface area contributed by atoms with Crippen molar-refractivity contribution >= 4 is 29.7 Å². The summed E-state index contributed by atoms with van der Waals surface area (Å²) in [7, 11) is 0. The van der Waals surface area contributed by atoms with Crippen LogP contribution in [0.5, 0.6) is 0 Å². The van der Waals surface area contributed by atoms with Crippen LogP contribution in [0.4, 0.5) is 0 Å². The van der Waals surface area contributed by atoms with Crippen LogP contribution in [0.25, 0.3) is 0 Å². The molecule has 0 bridgehead atoms. The number of nitrogens with two attached hydrogens (primary N) is 1. The first-order valence-electron chi connectivity index (χ1n) is 6.03. The number of carbonyl (C=O) groups excluding carboxylic acids is 1. The van der Waals surface area contributed by atoms with E-state index in [2.05, 4.69) is 24.1 Å². The Kier molecular flexibility index (Phi) is 8.15. The Balaban J connectivity index is 0.00000289. The minimum Gasteiger partial charge on any atom is -0.348 e. The third-order valence-electron chi connectivity index (χ3n) is 3.00. The van der Waals surface area contributed by atoms with E-state index in [0.717, 1.165) is 17.8 Å². The quantitative estimate of drug-likeness (QED) is 0.844. The molecule has 104 valence electrons. The monoisotopic (exact) mass is 291 g/mol. The first-order chi connectivity index (χ1) is 8.08. The zero-order valence-corrected chi connectivity index (χ0v) is 12.7. The number of hydrogen-bond acceptors (Lipinski definition) is 4. The van der Waals surface area contributed by atoms with Crippen LogP contribution in [0.3, 0.4) is 0 Å². The molecule has 1 aromatic heterocycles. The van der Waals surface area contributed by atoms with Gasteiger partial charge in [-0.15, -0.1) is 23.7 Å². The summed E-state index contributed by atoms with van der Waals surface area (Å²) in [6, 6.07) is 0.173. The SMILES string of the molecule is CCC(C)C(C)NC(=O)c1csc(CCN)n1.Cl. The molecule has 0 saturated carbocycles. The number of aromatic nitrogens is 1. The lowest BCUT2D eigenvalue weighted by Crippen LogP contribution is -2.37. The Morgan fingerprint density at radius 2 is 2.22 bits per heavy atom. The summed E-state index contributed by atoms with van der Waals surface area (Å²) in [6.45, 7) is 6.85. The summed E-state index contributed by atoms with van der Waals surface area (Å²) in [5, 5.41) is 5.70. The second kappa shape index (κ2) is 8.45. The zero-order chi connectivity index (χ0) is 12.8. The van der Waals surface area contributed by atoms with E-state index in [1.165, 1.54) is 11.3 Å². The Hall–Kier alpha value is -0.650. The zero-order valence-electron chi connectivity index (χ0n) is 11.1. The number of hydrogen-bond donors (Lipinski definition) is 2. The van der Waals surface area contributed by atoms with Gasteiger partial charge in [0.15, 0.2) is 0 Å². The van der Waals surface area contributed by atoms with Crippen molar-refractivity contribution in [3.8, 4) is 0 Å². The van der Waals surface area contributed by atoms with Crippen LogP contribution in [0, 0.1) is 5.92 Å². The molecule has 0 aliphatic heterocycles. The molecule has 1 rings (SSSR count). The van der Waals surface area contributed by atoms with Gasteiger partial charge >= 0.3 is 0 Å². The molecule has 0 aliphatic carbocycles. The molecular formula is C12H22ClN3OS. The first kappa shape index (κ1) is 17.4. The predicted molar refractivity (Wildman–Crippen MR) is 78.5 cm³/mol. The molecule has 0 saturated heterocycles. The predicted octanol–water partition coefficient (Wildman–Crippen LogP) is 2.23. The lowest BCUT2D eigenvalue weighted by molar-refractivity contribution is 0.0923. The highest BCUT2D eigenvalue weighted by molar-refractivity contribution is 7.09. The van der Waals surface area contributed by atoms with Crippen molar-refractivity contribution in [2.45, 2.75) is 39.7 Å². The second-order valence-corrected chi connectivity index (χ2v) is 5.26. The van der Waals surface area contributed by atoms with Crippen molar-refractivity contribution in [3.63, 3.8) is 0 Å². The highest BCUT2D eigenvalue weighted by Gasteiger charge is 2.16. The van der Waals surface area contributed by atoms with Crippen molar-refractivity contribution in [1.29, 1.82) is 0 Å². The smallest absolute Gasteiger partial charge is 0.270 e. The molecule has 2 atom stereocenters. The molecule has 2 unspecified atom stereocenters. The van der Waals surface area contributed by atoms with E-state index in [1.54, 1.807) is 5.38 Å². The molecule has 0 aromatic carbocycles. The number of carbonyl (C=O) groups is 1. The van der Waals surface area contributed by atoms with Gasteiger partial charge in [-0.25, -0.2) is 4.98 Å². The molecule has 1 heterocycles. The molecule has 0 radical (unpaired) electrons. The maximum Gasteiger partial charge on any atom is 0.270 e. The largest absolute Gasteiger partial charge is 0.348 e. The Bertz CT molecular complexity index is 370. The van der Waals surface area contributed by atoms with Gasteiger partial charge in [0.2, 0.25) is 0 Å². The van der Waals surface area contributed by atoms with Crippen LogP contribution in [0.15, 0.2) is 5.38 Å². The van der Waals surface area contributed by atoms with Crippen molar-refractivity contribution in [3.05, 3.63) is 16.1 Å². The topological polar surface area (TPSA) is 68.0 Å².